The number of nitrogens with zero attached hydrogens (tertiary/aromatic N) is 1. The zero-order valence-corrected chi connectivity index (χ0v) is 13.8. The zero-order valence-electron chi connectivity index (χ0n) is 13.8. The van der Waals surface area contributed by atoms with Gasteiger partial charge in [0.1, 0.15) is 17.3 Å². The van der Waals surface area contributed by atoms with Crippen LogP contribution in [-0.2, 0) is 12.8 Å². The van der Waals surface area contributed by atoms with E-state index in [0.29, 0.717) is 29.1 Å². The predicted octanol–water partition coefficient (Wildman–Crippen LogP) is 4.95. The molecular weight excluding hydrogens is 334 g/mol. The van der Waals surface area contributed by atoms with Crippen LogP contribution in [0.5, 0.6) is 11.5 Å². The molecule has 0 radical (unpaired) electrons. The minimum absolute atomic E-state index is 0.109. The smallest absolute Gasteiger partial charge is 0.273 e. The van der Waals surface area contributed by atoms with Crippen LogP contribution in [0.1, 0.15) is 28.1 Å². The fraction of sp³-hybridized carbons (Fsp3) is 0.150. The molecule has 0 N–H and O–H groups in total. The molecule has 0 aliphatic heterocycles. The molecule has 1 heterocycles. The van der Waals surface area contributed by atoms with Crippen molar-refractivity contribution in [3.8, 4) is 22.8 Å². The molecule has 6 heteroatoms. The van der Waals surface area contributed by atoms with Crippen LogP contribution >= 0.6 is 0 Å². The fourth-order valence-electron chi connectivity index (χ4n) is 3.21. The number of nitro benzene ring substituents is 1. The van der Waals surface area contributed by atoms with Crippen LogP contribution in [0.4, 0.5) is 5.69 Å². The summed E-state index contributed by atoms with van der Waals surface area (Å²) in [6.45, 7) is 0. The molecule has 0 unspecified atom stereocenters. The molecule has 26 heavy (non-hydrogen) atoms. The lowest BCUT2D eigenvalue weighted by Crippen LogP contribution is -1.92. The lowest BCUT2D eigenvalue weighted by atomic mass is 10.1. The Morgan fingerprint density at radius 3 is 2.62 bits per heavy atom. The number of fused-ring (bicyclic) bond motifs is 1. The highest BCUT2D eigenvalue weighted by atomic mass is 16.6. The number of benzene rings is 2. The molecule has 0 atom stereocenters. The van der Waals surface area contributed by atoms with Crippen LogP contribution in [-0.4, -0.2) is 11.2 Å². The van der Waals surface area contributed by atoms with Gasteiger partial charge in [0, 0.05) is 11.6 Å². The molecule has 130 valence electrons. The second-order valence-electron chi connectivity index (χ2n) is 6.18. The molecule has 0 amide bonds. The molecule has 0 spiro atoms. The first-order valence-electron chi connectivity index (χ1n) is 8.27. The van der Waals surface area contributed by atoms with E-state index >= 15 is 0 Å². The molecule has 0 fully saturated rings. The number of rotatable bonds is 5. The first kappa shape index (κ1) is 16.1. The van der Waals surface area contributed by atoms with Crippen molar-refractivity contribution in [2.24, 2.45) is 0 Å². The molecule has 1 aromatic heterocycles. The van der Waals surface area contributed by atoms with Gasteiger partial charge in [-0.25, -0.2) is 0 Å². The second-order valence-corrected chi connectivity index (χ2v) is 6.18. The van der Waals surface area contributed by atoms with E-state index in [1.807, 2.05) is 18.2 Å². The molecule has 6 nitrogen and oxygen atoms in total. The number of aldehydes is 1. The zero-order chi connectivity index (χ0) is 18.1. The van der Waals surface area contributed by atoms with E-state index in [0.717, 1.165) is 19.3 Å². The van der Waals surface area contributed by atoms with Gasteiger partial charge in [-0.2, -0.15) is 0 Å². The van der Waals surface area contributed by atoms with E-state index in [1.165, 1.54) is 29.3 Å². The maximum atomic E-state index is 11.3. The molecule has 0 saturated heterocycles. The number of carbonyl (C=O) groups is 1. The molecule has 4 rings (SSSR count). The Balaban J connectivity index is 1.70. The van der Waals surface area contributed by atoms with Crippen molar-refractivity contribution in [2.75, 3.05) is 0 Å². The van der Waals surface area contributed by atoms with Crippen LogP contribution in [0.2, 0.25) is 0 Å². The minimum atomic E-state index is -0.484. The number of carbonyl (C=O) groups excluding carboxylic acids is 1. The summed E-state index contributed by atoms with van der Waals surface area (Å²) in [7, 11) is 0. The summed E-state index contributed by atoms with van der Waals surface area (Å²) in [5.41, 5.74) is 2.95. The largest absolute Gasteiger partial charge is 0.457 e. The lowest BCUT2D eigenvalue weighted by Gasteiger charge is -2.09. The standard InChI is InChI=1S/C20H15NO5/c22-12-18-6-7-20(26-18)15-8-16(21(23)24)11-19(10-15)25-17-5-4-13-2-1-3-14(13)9-17/h4-12H,1-3H2. The van der Waals surface area contributed by atoms with E-state index in [-0.39, 0.29) is 11.4 Å². The Morgan fingerprint density at radius 2 is 1.85 bits per heavy atom. The molecule has 0 bridgehead atoms. The highest BCUT2D eigenvalue weighted by Gasteiger charge is 2.16. The second kappa shape index (κ2) is 6.48. The Labute approximate surface area is 149 Å². The van der Waals surface area contributed by atoms with Gasteiger partial charge in [0.15, 0.2) is 12.0 Å². The highest BCUT2D eigenvalue weighted by molar-refractivity contribution is 5.73. The van der Waals surface area contributed by atoms with Crippen molar-refractivity contribution in [3.63, 3.8) is 0 Å². The number of ether oxygens (including phenoxy) is 1. The SMILES string of the molecule is O=Cc1ccc(-c2cc(Oc3ccc4c(c3)CCC4)cc([N+](=O)[O-])c2)o1. The Hall–Kier alpha value is -3.41. The van der Waals surface area contributed by atoms with Gasteiger partial charge >= 0.3 is 0 Å². The van der Waals surface area contributed by atoms with Gasteiger partial charge < -0.3 is 9.15 Å². The minimum Gasteiger partial charge on any atom is -0.457 e. The summed E-state index contributed by atoms with van der Waals surface area (Å²) >= 11 is 0. The third-order valence-corrected chi connectivity index (χ3v) is 4.44. The Morgan fingerprint density at radius 1 is 1.00 bits per heavy atom. The monoisotopic (exact) mass is 349 g/mol. The van der Waals surface area contributed by atoms with E-state index < -0.39 is 4.92 Å². The van der Waals surface area contributed by atoms with E-state index in [1.54, 1.807) is 12.1 Å². The van der Waals surface area contributed by atoms with Crippen LogP contribution in [0.25, 0.3) is 11.3 Å². The number of hydrogen-bond donors (Lipinski definition) is 0. The third-order valence-electron chi connectivity index (χ3n) is 4.44. The van der Waals surface area contributed by atoms with Crippen molar-refractivity contribution in [2.45, 2.75) is 19.3 Å². The van der Waals surface area contributed by atoms with Crippen LogP contribution in [0.3, 0.4) is 0 Å². The number of nitro groups is 1. The number of hydrogen-bond acceptors (Lipinski definition) is 5. The van der Waals surface area contributed by atoms with Gasteiger partial charge in [0.2, 0.25) is 0 Å². The summed E-state index contributed by atoms with van der Waals surface area (Å²) < 4.78 is 11.2. The van der Waals surface area contributed by atoms with Crippen LogP contribution in [0, 0.1) is 10.1 Å². The van der Waals surface area contributed by atoms with Gasteiger partial charge in [0.25, 0.3) is 5.69 Å². The van der Waals surface area contributed by atoms with E-state index in [2.05, 4.69) is 0 Å². The first-order chi connectivity index (χ1) is 12.6. The van der Waals surface area contributed by atoms with Crippen molar-refractivity contribution >= 4 is 12.0 Å². The van der Waals surface area contributed by atoms with Gasteiger partial charge in [-0.05, 0) is 60.7 Å². The van der Waals surface area contributed by atoms with Gasteiger partial charge in [-0.15, -0.1) is 0 Å². The first-order valence-corrected chi connectivity index (χ1v) is 8.27. The Bertz CT molecular complexity index is 1010. The van der Waals surface area contributed by atoms with Crippen molar-refractivity contribution in [1.82, 2.24) is 0 Å². The molecule has 3 aromatic rings. The average Bonchev–Trinajstić information content (AvgIpc) is 3.30. The van der Waals surface area contributed by atoms with Crippen molar-refractivity contribution in [1.29, 1.82) is 0 Å². The highest BCUT2D eigenvalue weighted by Crippen LogP contribution is 2.34. The van der Waals surface area contributed by atoms with Gasteiger partial charge in [-0.3, -0.25) is 14.9 Å². The van der Waals surface area contributed by atoms with E-state index in [9.17, 15) is 14.9 Å². The average molecular weight is 349 g/mol. The fourth-order valence-corrected chi connectivity index (χ4v) is 3.21. The predicted molar refractivity (Wildman–Crippen MR) is 94.7 cm³/mol. The topological polar surface area (TPSA) is 82.6 Å². The normalized spacial score (nSPS) is 12.6. The Kier molecular flexibility index (Phi) is 4.01. The lowest BCUT2D eigenvalue weighted by molar-refractivity contribution is -0.384. The molecule has 1 aliphatic rings. The van der Waals surface area contributed by atoms with Crippen molar-refractivity contribution < 1.29 is 18.9 Å². The molecule has 2 aromatic carbocycles. The maximum Gasteiger partial charge on any atom is 0.273 e. The molecular formula is C20H15NO5. The summed E-state index contributed by atoms with van der Waals surface area (Å²) in [6.07, 6.45) is 3.82. The summed E-state index contributed by atoms with van der Waals surface area (Å²) in [6, 6.07) is 13.4. The van der Waals surface area contributed by atoms with Crippen LogP contribution in [0.15, 0.2) is 52.9 Å². The maximum absolute atomic E-state index is 11.3. The van der Waals surface area contributed by atoms with Crippen molar-refractivity contribution in [3.05, 3.63) is 75.5 Å². The van der Waals surface area contributed by atoms with Crippen LogP contribution < -0.4 is 4.74 Å². The quantitative estimate of drug-likeness (QED) is 0.370. The summed E-state index contributed by atoms with van der Waals surface area (Å²) in [4.78, 5) is 21.6. The van der Waals surface area contributed by atoms with Gasteiger partial charge in [-0.1, -0.05) is 6.07 Å². The molecule has 0 saturated carbocycles. The van der Waals surface area contributed by atoms with E-state index in [4.69, 9.17) is 9.15 Å². The van der Waals surface area contributed by atoms with Gasteiger partial charge in [0.05, 0.1) is 11.0 Å². The summed E-state index contributed by atoms with van der Waals surface area (Å²) in [5.74, 6) is 1.52. The number of aryl methyl sites for hydroxylation is 2. The number of non-ortho nitro benzene ring substituents is 1. The number of furan rings is 1. The third kappa shape index (κ3) is 3.09. The summed E-state index contributed by atoms with van der Waals surface area (Å²) in [5, 5.41) is 11.3. The molecule has 1 aliphatic carbocycles.